The van der Waals surface area contributed by atoms with Crippen molar-refractivity contribution in [2.45, 2.75) is 58.2 Å². The standard InChI is InChI=1S/C22H29FO5/c1-11-6-15-14-5-4-12-7-13(25)8-17(23)21(12,3)19(14)16(26)9-20(15,2)22(11,28)18(27)10-24/h7-8,11,14-16,19,24,26,28H,4-6,9-10H2,1-3H3/t11?,14-,15-,16-,19+,20-,21+,22-/m0/s1. The summed E-state index contributed by atoms with van der Waals surface area (Å²) < 4.78 is 15.1. The maximum atomic E-state index is 15.1. The van der Waals surface area contributed by atoms with Crippen molar-refractivity contribution >= 4 is 11.6 Å². The van der Waals surface area contributed by atoms with Crippen LogP contribution in [0.15, 0.2) is 23.6 Å². The number of aliphatic hydroxyl groups is 3. The lowest BCUT2D eigenvalue weighted by atomic mass is 9.46. The number of Topliss-reactive ketones (excluding diaryl/α,β-unsaturated/α-hetero) is 1. The zero-order valence-corrected chi connectivity index (χ0v) is 16.6. The Labute approximate surface area is 164 Å². The Morgan fingerprint density at radius 2 is 2.00 bits per heavy atom. The number of ketones is 2. The van der Waals surface area contributed by atoms with Gasteiger partial charge in [0.05, 0.1) is 6.10 Å². The molecule has 3 saturated carbocycles. The van der Waals surface area contributed by atoms with E-state index in [1.807, 2.05) is 13.8 Å². The third-order valence-electron chi connectivity index (χ3n) is 8.77. The largest absolute Gasteiger partial charge is 0.393 e. The minimum absolute atomic E-state index is 0.0693. The van der Waals surface area contributed by atoms with Gasteiger partial charge in [0.15, 0.2) is 11.6 Å². The Balaban J connectivity index is 1.80. The molecule has 0 bridgehead atoms. The molecule has 0 aliphatic heterocycles. The summed E-state index contributed by atoms with van der Waals surface area (Å²) in [7, 11) is 0. The smallest absolute Gasteiger partial charge is 0.190 e. The van der Waals surface area contributed by atoms with Gasteiger partial charge in [0.2, 0.25) is 0 Å². The third-order valence-corrected chi connectivity index (χ3v) is 8.77. The molecule has 0 aromatic carbocycles. The van der Waals surface area contributed by atoms with E-state index >= 15 is 4.39 Å². The van der Waals surface area contributed by atoms with Crippen LogP contribution in [0.2, 0.25) is 0 Å². The normalized spacial score (nSPS) is 50.2. The van der Waals surface area contributed by atoms with E-state index in [0.717, 1.165) is 11.6 Å². The molecule has 3 fully saturated rings. The summed E-state index contributed by atoms with van der Waals surface area (Å²) in [6, 6.07) is 0. The van der Waals surface area contributed by atoms with Crippen molar-refractivity contribution in [2.75, 3.05) is 6.61 Å². The van der Waals surface area contributed by atoms with Crippen molar-refractivity contribution in [3.63, 3.8) is 0 Å². The van der Waals surface area contributed by atoms with E-state index < -0.39 is 46.7 Å². The molecule has 1 unspecified atom stereocenters. The molecule has 5 nitrogen and oxygen atoms in total. The van der Waals surface area contributed by atoms with Crippen molar-refractivity contribution in [1.29, 1.82) is 0 Å². The molecule has 0 spiro atoms. The van der Waals surface area contributed by atoms with Crippen LogP contribution in [0.5, 0.6) is 0 Å². The lowest BCUT2D eigenvalue weighted by Crippen LogP contribution is -2.63. The van der Waals surface area contributed by atoms with E-state index in [-0.39, 0.29) is 30.0 Å². The molecule has 28 heavy (non-hydrogen) atoms. The van der Waals surface area contributed by atoms with Crippen LogP contribution in [0.25, 0.3) is 0 Å². The number of fused-ring (bicyclic) bond motifs is 5. The van der Waals surface area contributed by atoms with Gasteiger partial charge < -0.3 is 15.3 Å². The molecule has 0 heterocycles. The zero-order valence-electron chi connectivity index (χ0n) is 16.6. The second kappa shape index (κ2) is 6.07. The Hall–Kier alpha value is -1.37. The number of carbonyl (C=O) groups is 2. The maximum absolute atomic E-state index is 15.1. The molecular formula is C22H29FO5. The Morgan fingerprint density at radius 3 is 2.64 bits per heavy atom. The Bertz CT molecular complexity index is 803. The molecule has 8 atom stereocenters. The quantitative estimate of drug-likeness (QED) is 0.669. The van der Waals surface area contributed by atoms with Gasteiger partial charge in [-0.2, -0.15) is 0 Å². The first-order valence-corrected chi connectivity index (χ1v) is 10.2. The molecule has 0 amide bonds. The molecule has 4 aliphatic carbocycles. The minimum atomic E-state index is -1.70. The van der Waals surface area contributed by atoms with Crippen LogP contribution >= 0.6 is 0 Å². The van der Waals surface area contributed by atoms with Crippen LogP contribution in [0, 0.1) is 34.5 Å². The van der Waals surface area contributed by atoms with Gasteiger partial charge in [-0.05, 0) is 56.4 Å². The van der Waals surface area contributed by atoms with Crippen molar-refractivity contribution in [3.8, 4) is 0 Å². The van der Waals surface area contributed by atoms with Gasteiger partial charge in [0.25, 0.3) is 0 Å². The fourth-order valence-corrected chi connectivity index (χ4v) is 7.43. The van der Waals surface area contributed by atoms with Crippen molar-refractivity contribution < 1.29 is 29.3 Å². The van der Waals surface area contributed by atoms with Gasteiger partial charge in [0, 0.05) is 22.8 Å². The molecular weight excluding hydrogens is 363 g/mol. The average Bonchev–Trinajstić information content (AvgIpc) is 2.83. The summed E-state index contributed by atoms with van der Waals surface area (Å²) in [6.07, 6.45) is 3.60. The molecule has 0 aromatic heterocycles. The van der Waals surface area contributed by atoms with E-state index in [2.05, 4.69) is 0 Å². The van der Waals surface area contributed by atoms with Gasteiger partial charge >= 0.3 is 0 Å². The monoisotopic (exact) mass is 392 g/mol. The van der Waals surface area contributed by atoms with Gasteiger partial charge in [-0.1, -0.05) is 19.4 Å². The number of aliphatic hydroxyl groups excluding tert-OH is 2. The highest BCUT2D eigenvalue weighted by atomic mass is 19.1. The SMILES string of the molecule is CC1C[C@H]2[C@@H]3CCC4=CC(=O)C=C(F)[C@]4(C)[C@H]3[C@@H](O)C[C@]2(C)[C@@]1(O)C(=O)CO. The summed E-state index contributed by atoms with van der Waals surface area (Å²) in [5, 5.41) is 32.1. The van der Waals surface area contributed by atoms with Crippen LogP contribution in [0.3, 0.4) is 0 Å². The molecule has 4 aliphatic rings. The third kappa shape index (κ3) is 2.17. The molecule has 4 rings (SSSR count). The first-order valence-electron chi connectivity index (χ1n) is 10.2. The molecule has 0 aromatic rings. The second-order valence-electron chi connectivity index (χ2n) is 9.77. The fourth-order valence-electron chi connectivity index (χ4n) is 7.43. The summed E-state index contributed by atoms with van der Waals surface area (Å²) in [6.45, 7) is 4.67. The predicted molar refractivity (Wildman–Crippen MR) is 99.6 cm³/mol. The fraction of sp³-hybridized carbons (Fsp3) is 0.727. The number of halogens is 1. The van der Waals surface area contributed by atoms with Crippen LogP contribution < -0.4 is 0 Å². The number of allylic oxidation sites excluding steroid dienone is 4. The lowest BCUT2D eigenvalue weighted by molar-refractivity contribution is -0.185. The van der Waals surface area contributed by atoms with Crippen LogP contribution in [0.4, 0.5) is 4.39 Å². The van der Waals surface area contributed by atoms with Gasteiger partial charge in [-0.25, -0.2) is 4.39 Å². The Kier molecular flexibility index (Phi) is 4.32. The van der Waals surface area contributed by atoms with E-state index in [1.165, 1.54) is 6.08 Å². The zero-order chi connectivity index (χ0) is 20.6. The number of hydrogen-bond donors (Lipinski definition) is 3. The van der Waals surface area contributed by atoms with Crippen LogP contribution in [-0.4, -0.2) is 45.2 Å². The minimum Gasteiger partial charge on any atom is -0.393 e. The maximum Gasteiger partial charge on any atom is 0.190 e. The molecule has 154 valence electrons. The molecule has 6 heteroatoms. The lowest BCUT2D eigenvalue weighted by Gasteiger charge is -2.59. The number of rotatable bonds is 2. The topological polar surface area (TPSA) is 94.8 Å². The highest BCUT2D eigenvalue weighted by molar-refractivity contribution is 6.01. The molecule has 0 saturated heterocycles. The summed E-state index contributed by atoms with van der Waals surface area (Å²) in [5.74, 6) is -2.37. The molecule has 0 radical (unpaired) electrons. The van der Waals surface area contributed by atoms with E-state index in [0.29, 0.717) is 19.3 Å². The van der Waals surface area contributed by atoms with Gasteiger partial charge in [-0.15, -0.1) is 0 Å². The summed E-state index contributed by atoms with van der Waals surface area (Å²) in [5.41, 5.74) is -2.88. The van der Waals surface area contributed by atoms with Crippen molar-refractivity contribution in [3.05, 3.63) is 23.6 Å². The van der Waals surface area contributed by atoms with Gasteiger partial charge in [0.1, 0.15) is 18.0 Å². The second-order valence-corrected chi connectivity index (χ2v) is 9.77. The highest BCUT2D eigenvalue weighted by Crippen LogP contribution is 2.69. The van der Waals surface area contributed by atoms with E-state index in [9.17, 15) is 24.9 Å². The summed E-state index contributed by atoms with van der Waals surface area (Å²) >= 11 is 0. The Morgan fingerprint density at radius 1 is 1.32 bits per heavy atom. The van der Waals surface area contributed by atoms with Gasteiger partial charge in [-0.3, -0.25) is 9.59 Å². The van der Waals surface area contributed by atoms with Crippen LogP contribution in [-0.2, 0) is 9.59 Å². The average molecular weight is 392 g/mol. The number of hydrogen-bond acceptors (Lipinski definition) is 5. The van der Waals surface area contributed by atoms with E-state index in [4.69, 9.17) is 0 Å². The van der Waals surface area contributed by atoms with Crippen molar-refractivity contribution in [2.24, 2.45) is 34.5 Å². The van der Waals surface area contributed by atoms with Crippen LogP contribution in [0.1, 0.15) is 46.5 Å². The molecule has 3 N–H and O–H groups in total. The van der Waals surface area contributed by atoms with Crippen molar-refractivity contribution in [1.82, 2.24) is 0 Å². The van der Waals surface area contributed by atoms with E-state index in [1.54, 1.807) is 6.92 Å². The first kappa shape index (κ1) is 19.9. The first-order chi connectivity index (χ1) is 13.0. The predicted octanol–water partition coefficient (Wildman–Crippen LogP) is 2.10. The highest BCUT2D eigenvalue weighted by Gasteiger charge is 2.70. The number of carbonyl (C=O) groups excluding carboxylic acids is 2. The summed E-state index contributed by atoms with van der Waals surface area (Å²) in [4.78, 5) is 24.4.